The largest absolute Gasteiger partial charge is 0.464 e. The molecule has 0 spiro atoms. The molecule has 2 rings (SSSR count). The van der Waals surface area contributed by atoms with Crippen LogP contribution in [0.25, 0.3) is 0 Å². The highest BCUT2D eigenvalue weighted by Crippen LogP contribution is 2.20. The number of para-hydroxylation sites is 1. The smallest absolute Gasteiger partial charge is 0.358 e. The number of hydrogen-bond donors (Lipinski definition) is 1. The number of aryl methyl sites for hydroxylation is 1. The van der Waals surface area contributed by atoms with E-state index < -0.39 is 5.97 Å². The van der Waals surface area contributed by atoms with Crippen LogP contribution in [0.15, 0.2) is 36.7 Å². The summed E-state index contributed by atoms with van der Waals surface area (Å²) >= 11 is 0. The van der Waals surface area contributed by atoms with E-state index >= 15 is 0 Å². The fourth-order valence-corrected chi connectivity index (χ4v) is 1.87. The minimum Gasteiger partial charge on any atom is -0.464 e. The third-order valence-corrected chi connectivity index (χ3v) is 2.85. The van der Waals surface area contributed by atoms with Crippen LogP contribution in [0, 0.1) is 0 Å². The lowest BCUT2D eigenvalue weighted by atomic mass is 10.1. The van der Waals surface area contributed by atoms with E-state index in [-0.39, 0.29) is 5.69 Å². The number of esters is 1. The molecule has 104 valence electrons. The molecule has 0 atom stereocenters. The molecule has 0 amide bonds. The quantitative estimate of drug-likeness (QED) is 0.847. The van der Waals surface area contributed by atoms with E-state index in [1.165, 1.54) is 25.1 Å². The van der Waals surface area contributed by atoms with Crippen molar-refractivity contribution in [1.82, 2.24) is 9.97 Å². The van der Waals surface area contributed by atoms with Crippen LogP contribution in [-0.4, -0.2) is 23.0 Å². The summed E-state index contributed by atoms with van der Waals surface area (Å²) in [6.07, 6.45) is 4.99. The van der Waals surface area contributed by atoms with Crippen molar-refractivity contribution in [1.29, 1.82) is 0 Å². The maximum Gasteiger partial charge on any atom is 0.358 e. The van der Waals surface area contributed by atoms with Crippen LogP contribution in [0.3, 0.4) is 0 Å². The van der Waals surface area contributed by atoms with Gasteiger partial charge < -0.3 is 10.1 Å². The maximum absolute atomic E-state index is 11.3. The summed E-state index contributed by atoms with van der Waals surface area (Å²) in [5.74, 6) is 0.108. The Morgan fingerprint density at radius 1 is 1.25 bits per heavy atom. The molecule has 1 heterocycles. The van der Waals surface area contributed by atoms with Crippen LogP contribution >= 0.6 is 0 Å². The van der Waals surface area contributed by atoms with Gasteiger partial charge in [-0.05, 0) is 18.1 Å². The molecule has 5 heteroatoms. The zero-order chi connectivity index (χ0) is 14.4. The fraction of sp³-hybridized carbons (Fsp3) is 0.267. The van der Waals surface area contributed by atoms with Crippen molar-refractivity contribution in [2.45, 2.75) is 19.8 Å². The van der Waals surface area contributed by atoms with Crippen molar-refractivity contribution in [3.8, 4) is 0 Å². The summed E-state index contributed by atoms with van der Waals surface area (Å²) in [5, 5.41) is 3.22. The van der Waals surface area contributed by atoms with Crippen molar-refractivity contribution in [2.24, 2.45) is 0 Å². The lowest BCUT2D eigenvalue weighted by Crippen LogP contribution is -2.06. The van der Waals surface area contributed by atoms with Crippen molar-refractivity contribution < 1.29 is 9.53 Å². The van der Waals surface area contributed by atoms with Gasteiger partial charge in [-0.3, -0.25) is 0 Å². The monoisotopic (exact) mass is 271 g/mol. The molecule has 0 radical (unpaired) electrons. The van der Waals surface area contributed by atoms with E-state index in [1.54, 1.807) is 0 Å². The predicted molar refractivity (Wildman–Crippen MR) is 77.1 cm³/mol. The van der Waals surface area contributed by atoms with E-state index in [4.69, 9.17) is 0 Å². The SMILES string of the molecule is CCCc1ccccc1Nc1cnc(C(=O)OC)cn1. The van der Waals surface area contributed by atoms with Gasteiger partial charge in [0, 0.05) is 5.69 Å². The normalized spacial score (nSPS) is 10.1. The summed E-state index contributed by atoms with van der Waals surface area (Å²) < 4.78 is 4.58. The number of anilines is 2. The molecule has 1 N–H and O–H groups in total. The van der Waals surface area contributed by atoms with Gasteiger partial charge in [0.05, 0.1) is 19.5 Å². The molecule has 0 aliphatic carbocycles. The van der Waals surface area contributed by atoms with Crippen molar-refractivity contribution in [2.75, 3.05) is 12.4 Å². The van der Waals surface area contributed by atoms with Gasteiger partial charge in [-0.1, -0.05) is 31.5 Å². The van der Waals surface area contributed by atoms with Crippen LogP contribution in [0.2, 0.25) is 0 Å². The van der Waals surface area contributed by atoms with Gasteiger partial charge in [0.2, 0.25) is 0 Å². The van der Waals surface area contributed by atoms with E-state index in [2.05, 4.69) is 33.0 Å². The molecule has 0 unspecified atom stereocenters. The van der Waals surface area contributed by atoms with E-state index in [0.29, 0.717) is 5.82 Å². The maximum atomic E-state index is 11.3. The van der Waals surface area contributed by atoms with Crippen molar-refractivity contribution in [3.05, 3.63) is 47.9 Å². The summed E-state index contributed by atoms with van der Waals surface area (Å²) in [6, 6.07) is 8.07. The summed E-state index contributed by atoms with van der Waals surface area (Å²) in [6.45, 7) is 2.14. The molecule has 0 aliphatic rings. The number of methoxy groups -OCH3 is 1. The van der Waals surface area contributed by atoms with Gasteiger partial charge in [0.1, 0.15) is 5.82 Å². The second kappa shape index (κ2) is 6.65. The topological polar surface area (TPSA) is 64.1 Å². The first-order valence-electron chi connectivity index (χ1n) is 6.50. The number of benzene rings is 1. The molecule has 0 bridgehead atoms. The zero-order valence-electron chi connectivity index (χ0n) is 11.6. The Kier molecular flexibility index (Phi) is 4.65. The Bertz CT molecular complexity index is 582. The average molecular weight is 271 g/mol. The Labute approximate surface area is 118 Å². The minimum absolute atomic E-state index is 0.194. The first-order chi connectivity index (χ1) is 9.74. The number of ether oxygens (including phenoxy) is 1. The Morgan fingerprint density at radius 3 is 2.70 bits per heavy atom. The van der Waals surface area contributed by atoms with Crippen LogP contribution < -0.4 is 5.32 Å². The molecule has 2 aromatic rings. The molecule has 1 aromatic heterocycles. The van der Waals surface area contributed by atoms with Gasteiger partial charge in [0.15, 0.2) is 5.69 Å². The third-order valence-electron chi connectivity index (χ3n) is 2.85. The van der Waals surface area contributed by atoms with E-state index in [0.717, 1.165) is 18.5 Å². The van der Waals surface area contributed by atoms with Crippen molar-refractivity contribution in [3.63, 3.8) is 0 Å². The van der Waals surface area contributed by atoms with Gasteiger partial charge in [0.25, 0.3) is 0 Å². The summed E-state index contributed by atoms with van der Waals surface area (Å²) in [7, 11) is 1.32. The average Bonchev–Trinajstić information content (AvgIpc) is 2.49. The van der Waals surface area contributed by atoms with Gasteiger partial charge >= 0.3 is 5.97 Å². The van der Waals surface area contributed by atoms with Gasteiger partial charge in [-0.25, -0.2) is 14.8 Å². The highest BCUT2D eigenvalue weighted by molar-refractivity contribution is 5.86. The van der Waals surface area contributed by atoms with Crippen LogP contribution in [0.1, 0.15) is 29.4 Å². The number of aromatic nitrogens is 2. The molecular formula is C15H17N3O2. The Hall–Kier alpha value is -2.43. The standard InChI is InChI=1S/C15H17N3O2/c1-3-6-11-7-4-5-8-12(11)18-14-10-16-13(9-17-14)15(19)20-2/h4-5,7-10H,3,6H2,1-2H3,(H,17,18). The third kappa shape index (κ3) is 3.32. The van der Waals surface area contributed by atoms with E-state index in [9.17, 15) is 4.79 Å². The van der Waals surface area contributed by atoms with Gasteiger partial charge in [-0.15, -0.1) is 0 Å². The Morgan fingerprint density at radius 2 is 2.05 bits per heavy atom. The molecule has 5 nitrogen and oxygen atoms in total. The molecule has 1 aromatic carbocycles. The highest BCUT2D eigenvalue weighted by atomic mass is 16.5. The first-order valence-corrected chi connectivity index (χ1v) is 6.50. The summed E-state index contributed by atoms with van der Waals surface area (Å²) in [4.78, 5) is 19.5. The van der Waals surface area contributed by atoms with Crippen molar-refractivity contribution >= 4 is 17.5 Å². The highest BCUT2D eigenvalue weighted by Gasteiger charge is 2.08. The fourth-order valence-electron chi connectivity index (χ4n) is 1.87. The molecular weight excluding hydrogens is 254 g/mol. The second-order valence-corrected chi connectivity index (χ2v) is 4.31. The number of hydrogen-bond acceptors (Lipinski definition) is 5. The van der Waals surface area contributed by atoms with Crippen LogP contribution in [0.5, 0.6) is 0 Å². The number of nitrogens with zero attached hydrogens (tertiary/aromatic N) is 2. The number of rotatable bonds is 5. The van der Waals surface area contributed by atoms with E-state index in [1.807, 2.05) is 18.2 Å². The minimum atomic E-state index is -0.490. The molecule has 0 fully saturated rings. The molecule has 0 saturated heterocycles. The molecule has 20 heavy (non-hydrogen) atoms. The molecule has 0 aliphatic heterocycles. The zero-order valence-corrected chi connectivity index (χ0v) is 11.6. The van der Waals surface area contributed by atoms with Crippen LogP contribution in [0.4, 0.5) is 11.5 Å². The lowest BCUT2D eigenvalue weighted by Gasteiger charge is -2.10. The Balaban J connectivity index is 2.16. The first kappa shape index (κ1) is 14.0. The number of nitrogens with one attached hydrogen (secondary N) is 1. The number of carbonyl (C=O) groups excluding carboxylic acids is 1. The predicted octanol–water partition coefficient (Wildman–Crippen LogP) is 2.96. The molecule has 0 saturated carbocycles. The lowest BCUT2D eigenvalue weighted by molar-refractivity contribution is 0.0593. The number of carbonyl (C=O) groups is 1. The van der Waals surface area contributed by atoms with Gasteiger partial charge in [-0.2, -0.15) is 0 Å². The summed E-state index contributed by atoms with van der Waals surface area (Å²) in [5.41, 5.74) is 2.43. The second-order valence-electron chi connectivity index (χ2n) is 4.31. The van der Waals surface area contributed by atoms with Crippen LogP contribution in [-0.2, 0) is 11.2 Å².